The maximum Gasteiger partial charge on any atom is 0.416 e. The Morgan fingerprint density at radius 1 is 1.03 bits per heavy atom. The molecule has 1 aromatic carbocycles. The van der Waals surface area contributed by atoms with Crippen LogP contribution in [0.4, 0.5) is 26.3 Å². The Morgan fingerprint density at radius 2 is 1.61 bits per heavy atom. The largest absolute Gasteiger partial charge is 0.416 e. The molecule has 0 aliphatic carbocycles. The van der Waals surface area contributed by atoms with E-state index in [-0.39, 0.29) is 35.2 Å². The fraction of sp³-hybridized carbons (Fsp3) is 0.571. The average molecular weight is 449 g/mol. The smallest absolute Gasteiger partial charge is 0.385 e. The molecule has 3 rings (SSSR count). The summed E-state index contributed by atoms with van der Waals surface area (Å²) in [6.45, 7) is 5.99. The SMILES string of the molecule is C=C(NCC1CCN(C(=O)[C@H]2CCCN2)CC1)c1cc(C(F)(F)F)cc(C(F)(F)F)c1. The van der Waals surface area contributed by atoms with Gasteiger partial charge in [0.25, 0.3) is 0 Å². The van der Waals surface area contributed by atoms with Crippen LogP contribution < -0.4 is 10.6 Å². The van der Waals surface area contributed by atoms with Gasteiger partial charge in [0.15, 0.2) is 0 Å². The number of amides is 1. The Balaban J connectivity index is 1.58. The third-order valence-corrected chi connectivity index (χ3v) is 5.82. The van der Waals surface area contributed by atoms with Gasteiger partial charge >= 0.3 is 12.4 Å². The summed E-state index contributed by atoms with van der Waals surface area (Å²) in [5.74, 6) is 0.238. The van der Waals surface area contributed by atoms with Gasteiger partial charge in [-0.1, -0.05) is 6.58 Å². The van der Waals surface area contributed by atoms with Gasteiger partial charge in [-0.25, -0.2) is 0 Å². The number of nitrogens with one attached hydrogen (secondary N) is 2. The Hall–Kier alpha value is -2.23. The molecule has 0 spiro atoms. The van der Waals surface area contributed by atoms with Crippen molar-refractivity contribution < 1.29 is 31.1 Å². The Morgan fingerprint density at radius 3 is 2.10 bits per heavy atom. The number of alkyl halides is 6. The van der Waals surface area contributed by atoms with Crippen molar-refractivity contribution in [2.45, 2.75) is 44.1 Å². The van der Waals surface area contributed by atoms with Gasteiger partial charge in [0.05, 0.1) is 17.2 Å². The predicted octanol–water partition coefficient (Wildman–Crippen LogP) is 4.28. The van der Waals surface area contributed by atoms with Crippen LogP contribution in [0, 0.1) is 5.92 Å². The van der Waals surface area contributed by atoms with E-state index < -0.39 is 23.5 Å². The second-order valence-electron chi connectivity index (χ2n) is 8.07. The summed E-state index contributed by atoms with van der Waals surface area (Å²) in [5, 5.41) is 6.06. The van der Waals surface area contributed by atoms with Gasteiger partial charge < -0.3 is 15.5 Å². The monoisotopic (exact) mass is 449 g/mol. The first-order chi connectivity index (χ1) is 14.4. The number of rotatable bonds is 5. The molecule has 0 bridgehead atoms. The normalized spacial score (nSPS) is 20.7. The van der Waals surface area contributed by atoms with Crippen molar-refractivity contribution in [1.29, 1.82) is 0 Å². The fourth-order valence-corrected chi connectivity index (χ4v) is 3.97. The van der Waals surface area contributed by atoms with E-state index in [9.17, 15) is 31.1 Å². The van der Waals surface area contributed by atoms with Crippen molar-refractivity contribution in [2.24, 2.45) is 5.92 Å². The van der Waals surface area contributed by atoms with Crippen molar-refractivity contribution in [3.8, 4) is 0 Å². The molecule has 0 aromatic heterocycles. The van der Waals surface area contributed by atoms with Crippen LogP contribution in [0.2, 0.25) is 0 Å². The first-order valence-corrected chi connectivity index (χ1v) is 10.2. The molecule has 172 valence electrons. The second-order valence-corrected chi connectivity index (χ2v) is 8.07. The molecule has 1 amide bonds. The summed E-state index contributed by atoms with van der Waals surface area (Å²) in [4.78, 5) is 14.3. The Labute approximate surface area is 176 Å². The minimum atomic E-state index is -4.90. The van der Waals surface area contributed by atoms with E-state index >= 15 is 0 Å². The number of likely N-dealkylation sites (tertiary alicyclic amines) is 1. The average Bonchev–Trinajstić information content (AvgIpc) is 3.25. The molecule has 2 aliphatic heterocycles. The maximum absolute atomic E-state index is 13.0. The first-order valence-electron chi connectivity index (χ1n) is 10.2. The summed E-state index contributed by atoms with van der Waals surface area (Å²) in [6, 6.07) is 1.31. The first kappa shape index (κ1) is 23.4. The zero-order valence-corrected chi connectivity index (χ0v) is 16.9. The van der Waals surface area contributed by atoms with Gasteiger partial charge in [-0.2, -0.15) is 26.3 Å². The molecule has 2 fully saturated rings. The van der Waals surface area contributed by atoms with Crippen LogP contribution in [0.3, 0.4) is 0 Å². The summed E-state index contributed by atoms with van der Waals surface area (Å²) in [6.07, 6.45) is -6.58. The number of nitrogens with zero attached hydrogens (tertiary/aromatic N) is 1. The van der Waals surface area contributed by atoms with Crippen molar-refractivity contribution in [2.75, 3.05) is 26.2 Å². The third-order valence-electron chi connectivity index (χ3n) is 5.82. The highest BCUT2D eigenvalue weighted by atomic mass is 19.4. The number of benzene rings is 1. The number of piperidine rings is 1. The zero-order valence-electron chi connectivity index (χ0n) is 16.9. The quantitative estimate of drug-likeness (QED) is 0.660. The molecule has 2 aliphatic rings. The molecule has 1 aromatic rings. The highest BCUT2D eigenvalue weighted by Crippen LogP contribution is 2.37. The van der Waals surface area contributed by atoms with Gasteiger partial charge in [-0.15, -0.1) is 0 Å². The van der Waals surface area contributed by atoms with E-state index in [0.29, 0.717) is 44.6 Å². The highest BCUT2D eigenvalue weighted by molar-refractivity contribution is 5.82. The molecule has 0 saturated carbocycles. The molecule has 0 unspecified atom stereocenters. The highest BCUT2D eigenvalue weighted by Gasteiger charge is 2.37. The molecular formula is C21H25F6N3O. The molecule has 4 nitrogen and oxygen atoms in total. The molecule has 2 N–H and O–H groups in total. The number of hydrogen-bond donors (Lipinski definition) is 2. The zero-order chi connectivity index (χ0) is 22.8. The van der Waals surface area contributed by atoms with E-state index in [0.717, 1.165) is 19.4 Å². The Kier molecular flexibility index (Phi) is 6.88. The lowest BCUT2D eigenvalue weighted by Gasteiger charge is -2.34. The van der Waals surface area contributed by atoms with Crippen molar-refractivity contribution in [1.82, 2.24) is 15.5 Å². The second kappa shape index (κ2) is 9.10. The molecule has 10 heteroatoms. The fourth-order valence-electron chi connectivity index (χ4n) is 3.97. The predicted molar refractivity (Wildman–Crippen MR) is 104 cm³/mol. The Bertz CT molecular complexity index is 774. The van der Waals surface area contributed by atoms with Gasteiger partial charge in [0.1, 0.15) is 0 Å². The number of carbonyl (C=O) groups excluding carboxylic acids is 1. The standard InChI is InChI=1S/C21H25F6N3O/c1-13(15-9-16(20(22,23)24)11-17(10-15)21(25,26)27)29-12-14-4-7-30(8-5-14)19(31)18-3-2-6-28-18/h9-11,14,18,28-29H,1-8,12H2/t18-/m1/s1. The minimum absolute atomic E-state index is 0.00487. The van der Waals surface area contributed by atoms with Crippen LogP contribution in [0.25, 0.3) is 5.70 Å². The summed E-state index contributed by atoms with van der Waals surface area (Å²) in [7, 11) is 0. The van der Waals surface area contributed by atoms with Crippen LogP contribution in [-0.2, 0) is 17.1 Å². The molecule has 31 heavy (non-hydrogen) atoms. The lowest BCUT2D eigenvalue weighted by Crippen LogP contribution is -2.47. The molecule has 2 heterocycles. The number of hydrogen-bond acceptors (Lipinski definition) is 3. The lowest BCUT2D eigenvalue weighted by atomic mass is 9.95. The van der Waals surface area contributed by atoms with Gasteiger partial charge in [-0.05, 0) is 61.9 Å². The van der Waals surface area contributed by atoms with Crippen LogP contribution >= 0.6 is 0 Å². The van der Waals surface area contributed by atoms with E-state index in [1.54, 1.807) is 0 Å². The van der Waals surface area contributed by atoms with Gasteiger partial charge in [0.2, 0.25) is 5.91 Å². The van der Waals surface area contributed by atoms with Crippen LogP contribution in [-0.4, -0.2) is 43.0 Å². The van der Waals surface area contributed by atoms with E-state index in [1.165, 1.54) is 0 Å². The van der Waals surface area contributed by atoms with E-state index in [1.807, 2.05) is 4.90 Å². The summed E-state index contributed by atoms with van der Waals surface area (Å²) < 4.78 is 78.2. The number of carbonyl (C=O) groups is 1. The molecular weight excluding hydrogens is 424 g/mol. The van der Waals surface area contributed by atoms with Crippen LogP contribution in [0.5, 0.6) is 0 Å². The molecule has 2 saturated heterocycles. The van der Waals surface area contributed by atoms with Crippen LogP contribution in [0.15, 0.2) is 24.8 Å². The lowest BCUT2D eigenvalue weighted by molar-refractivity contribution is -0.143. The van der Waals surface area contributed by atoms with Crippen molar-refractivity contribution in [3.63, 3.8) is 0 Å². The van der Waals surface area contributed by atoms with Crippen molar-refractivity contribution in [3.05, 3.63) is 41.5 Å². The molecule has 0 radical (unpaired) electrons. The van der Waals surface area contributed by atoms with Crippen LogP contribution in [0.1, 0.15) is 42.4 Å². The minimum Gasteiger partial charge on any atom is -0.385 e. The van der Waals surface area contributed by atoms with E-state index in [2.05, 4.69) is 17.2 Å². The van der Waals surface area contributed by atoms with Crippen molar-refractivity contribution >= 4 is 11.6 Å². The van der Waals surface area contributed by atoms with E-state index in [4.69, 9.17) is 0 Å². The van der Waals surface area contributed by atoms with Gasteiger partial charge in [-0.3, -0.25) is 4.79 Å². The molecule has 1 atom stereocenters. The third kappa shape index (κ3) is 5.93. The summed E-state index contributed by atoms with van der Waals surface area (Å²) in [5.41, 5.74) is -2.98. The van der Waals surface area contributed by atoms with Gasteiger partial charge in [0, 0.05) is 25.3 Å². The summed E-state index contributed by atoms with van der Waals surface area (Å²) >= 11 is 0. The number of halogens is 6. The maximum atomic E-state index is 13.0. The topological polar surface area (TPSA) is 44.4 Å².